The van der Waals surface area contributed by atoms with E-state index >= 15 is 0 Å². The summed E-state index contributed by atoms with van der Waals surface area (Å²) in [6.07, 6.45) is 5.56. The van der Waals surface area contributed by atoms with E-state index in [4.69, 9.17) is 9.47 Å². The molecule has 0 unspecified atom stereocenters. The van der Waals surface area contributed by atoms with Crippen LogP contribution in [0.1, 0.15) is 30.0 Å². The minimum Gasteiger partial charge on any atom is -0.490 e. The number of amides is 1. The van der Waals surface area contributed by atoms with Gasteiger partial charge in [0.05, 0.1) is 12.8 Å². The van der Waals surface area contributed by atoms with Crippen LogP contribution >= 0.6 is 0 Å². The fourth-order valence-electron chi connectivity index (χ4n) is 2.97. The standard InChI is InChI=1S/C27H26N2O4/c1-2-32-25-19-23(20-28-29-26(30)17-14-21-9-5-3-6-10-21)13-16-24(25)33-27(31)18-15-22-11-7-4-8-12-22/h3-13,15-16,18-20H,2,14,17H2,1H3,(H,29,30)/b18-15-,28-20?. The van der Waals surface area contributed by atoms with Crippen molar-refractivity contribution in [1.82, 2.24) is 5.43 Å². The topological polar surface area (TPSA) is 77.0 Å². The van der Waals surface area contributed by atoms with Crippen LogP contribution in [0.5, 0.6) is 11.5 Å². The van der Waals surface area contributed by atoms with E-state index in [0.717, 1.165) is 11.1 Å². The van der Waals surface area contributed by atoms with Gasteiger partial charge in [-0.25, -0.2) is 10.2 Å². The van der Waals surface area contributed by atoms with E-state index in [1.165, 1.54) is 12.3 Å². The number of rotatable bonds is 10. The molecular formula is C27H26N2O4. The number of aryl methyl sites for hydroxylation is 1. The maximum atomic E-state index is 12.2. The molecule has 6 heteroatoms. The third kappa shape index (κ3) is 8.10. The molecular weight excluding hydrogens is 416 g/mol. The Bertz CT molecular complexity index is 1110. The number of nitrogens with one attached hydrogen (secondary N) is 1. The number of benzene rings is 3. The highest BCUT2D eigenvalue weighted by Gasteiger charge is 2.09. The summed E-state index contributed by atoms with van der Waals surface area (Å²) in [6, 6.07) is 24.3. The molecule has 0 atom stereocenters. The van der Waals surface area contributed by atoms with Crippen LogP contribution in [0.15, 0.2) is 90.0 Å². The molecule has 0 aliphatic carbocycles. The van der Waals surface area contributed by atoms with Crippen molar-refractivity contribution in [2.24, 2.45) is 5.10 Å². The normalized spacial score (nSPS) is 10.9. The number of hydrogen-bond donors (Lipinski definition) is 1. The Morgan fingerprint density at radius 3 is 2.36 bits per heavy atom. The third-order valence-electron chi connectivity index (χ3n) is 4.58. The SMILES string of the molecule is CCOc1cc(C=NNC(=O)CCc2ccccc2)ccc1OC(=O)/C=C\c1ccccc1. The number of carbonyl (C=O) groups is 2. The maximum absolute atomic E-state index is 12.2. The predicted molar refractivity (Wildman–Crippen MR) is 129 cm³/mol. The van der Waals surface area contributed by atoms with Crippen LogP contribution in [0.4, 0.5) is 0 Å². The molecule has 33 heavy (non-hydrogen) atoms. The summed E-state index contributed by atoms with van der Waals surface area (Å²) in [6.45, 7) is 2.25. The van der Waals surface area contributed by atoms with Gasteiger partial charge in [0.1, 0.15) is 0 Å². The van der Waals surface area contributed by atoms with Crippen LogP contribution in [-0.4, -0.2) is 24.7 Å². The van der Waals surface area contributed by atoms with Crippen molar-refractivity contribution in [2.75, 3.05) is 6.61 Å². The van der Waals surface area contributed by atoms with E-state index in [1.54, 1.807) is 24.3 Å². The van der Waals surface area contributed by atoms with Crippen molar-refractivity contribution in [3.05, 3.63) is 102 Å². The average molecular weight is 443 g/mol. The third-order valence-corrected chi connectivity index (χ3v) is 4.58. The van der Waals surface area contributed by atoms with Crippen molar-refractivity contribution < 1.29 is 19.1 Å². The van der Waals surface area contributed by atoms with Gasteiger partial charge >= 0.3 is 5.97 Å². The monoisotopic (exact) mass is 442 g/mol. The first-order valence-corrected chi connectivity index (χ1v) is 10.7. The Morgan fingerprint density at radius 1 is 0.909 bits per heavy atom. The van der Waals surface area contributed by atoms with E-state index in [-0.39, 0.29) is 5.91 Å². The van der Waals surface area contributed by atoms with E-state index in [2.05, 4.69) is 10.5 Å². The van der Waals surface area contributed by atoms with Crippen LogP contribution in [0.3, 0.4) is 0 Å². The Hall–Kier alpha value is -4.19. The van der Waals surface area contributed by atoms with Crippen LogP contribution in [-0.2, 0) is 16.0 Å². The van der Waals surface area contributed by atoms with Crippen LogP contribution < -0.4 is 14.9 Å². The van der Waals surface area contributed by atoms with Gasteiger partial charge in [0.15, 0.2) is 11.5 Å². The minimum atomic E-state index is -0.507. The number of esters is 1. The van der Waals surface area contributed by atoms with Gasteiger partial charge in [-0.05, 0) is 54.3 Å². The van der Waals surface area contributed by atoms with Gasteiger partial charge in [-0.2, -0.15) is 5.10 Å². The molecule has 0 heterocycles. The molecule has 0 aromatic heterocycles. The highest BCUT2D eigenvalue weighted by atomic mass is 16.6. The summed E-state index contributed by atoms with van der Waals surface area (Å²) < 4.78 is 11.0. The Balaban J connectivity index is 1.56. The first-order valence-electron chi connectivity index (χ1n) is 10.7. The van der Waals surface area contributed by atoms with Gasteiger partial charge in [0, 0.05) is 12.5 Å². The van der Waals surface area contributed by atoms with E-state index < -0.39 is 5.97 Å². The molecule has 6 nitrogen and oxygen atoms in total. The summed E-state index contributed by atoms with van der Waals surface area (Å²) in [4.78, 5) is 24.2. The average Bonchev–Trinajstić information content (AvgIpc) is 2.84. The zero-order valence-electron chi connectivity index (χ0n) is 18.4. The summed E-state index contributed by atoms with van der Waals surface area (Å²) in [5.74, 6) is 0.0460. The number of carbonyl (C=O) groups excluding carboxylic acids is 2. The molecule has 0 aliphatic heterocycles. The molecule has 0 radical (unpaired) electrons. The molecule has 3 aromatic carbocycles. The summed E-state index contributed by atoms with van der Waals surface area (Å²) in [7, 11) is 0. The lowest BCUT2D eigenvalue weighted by molar-refractivity contribution is -0.129. The fourth-order valence-corrected chi connectivity index (χ4v) is 2.97. The quantitative estimate of drug-likeness (QED) is 0.161. The van der Waals surface area contributed by atoms with Gasteiger partial charge in [-0.3, -0.25) is 4.79 Å². The van der Waals surface area contributed by atoms with Crippen LogP contribution in [0.2, 0.25) is 0 Å². The van der Waals surface area contributed by atoms with Crippen LogP contribution in [0.25, 0.3) is 6.08 Å². The summed E-state index contributed by atoms with van der Waals surface area (Å²) in [5.41, 5.74) is 5.22. The largest absolute Gasteiger partial charge is 0.490 e. The van der Waals surface area contributed by atoms with Crippen molar-refractivity contribution >= 4 is 24.2 Å². The van der Waals surface area contributed by atoms with Crippen molar-refractivity contribution in [3.8, 4) is 11.5 Å². The molecule has 0 aliphatic rings. The van der Waals surface area contributed by atoms with Gasteiger partial charge in [0.25, 0.3) is 0 Å². The number of nitrogens with zero attached hydrogens (tertiary/aromatic N) is 1. The van der Waals surface area contributed by atoms with E-state index in [1.807, 2.05) is 67.6 Å². The number of ether oxygens (including phenoxy) is 2. The van der Waals surface area contributed by atoms with E-state index in [0.29, 0.717) is 36.5 Å². The maximum Gasteiger partial charge on any atom is 0.336 e. The zero-order valence-corrected chi connectivity index (χ0v) is 18.4. The van der Waals surface area contributed by atoms with Crippen molar-refractivity contribution in [1.29, 1.82) is 0 Å². The lowest BCUT2D eigenvalue weighted by Crippen LogP contribution is -2.17. The van der Waals surface area contributed by atoms with E-state index in [9.17, 15) is 9.59 Å². The number of hydrogen-bond acceptors (Lipinski definition) is 5. The molecule has 0 spiro atoms. The molecule has 168 valence electrons. The first-order chi connectivity index (χ1) is 16.1. The van der Waals surface area contributed by atoms with Gasteiger partial charge in [0.2, 0.25) is 5.91 Å². The highest BCUT2D eigenvalue weighted by molar-refractivity contribution is 5.89. The van der Waals surface area contributed by atoms with Crippen molar-refractivity contribution in [3.63, 3.8) is 0 Å². The summed E-state index contributed by atoms with van der Waals surface area (Å²) >= 11 is 0. The zero-order chi connectivity index (χ0) is 23.3. The van der Waals surface area contributed by atoms with Gasteiger partial charge in [-0.15, -0.1) is 0 Å². The molecule has 1 amide bonds. The van der Waals surface area contributed by atoms with Gasteiger partial charge in [-0.1, -0.05) is 60.7 Å². The highest BCUT2D eigenvalue weighted by Crippen LogP contribution is 2.28. The number of hydrazone groups is 1. The first kappa shape index (κ1) is 23.5. The molecule has 0 saturated heterocycles. The smallest absolute Gasteiger partial charge is 0.336 e. The lowest BCUT2D eigenvalue weighted by atomic mass is 10.1. The Labute approximate surface area is 193 Å². The second-order valence-electron chi connectivity index (χ2n) is 7.08. The molecule has 3 aromatic rings. The molecule has 0 fully saturated rings. The fraction of sp³-hybridized carbons (Fsp3) is 0.148. The molecule has 0 bridgehead atoms. The van der Waals surface area contributed by atoms with Gasteiger partial charge < -0.3 is 9.47 Å². The predicted octanol–water partition coefficient (Wildman–Crippen LogP) is 4.79. The Morgan fingerprint density at radius 2 is 1.64 bits per heavy atom. The van der Waals surface area contributed by atoms with Crippen molar-refractivity contribution in [2.45, 2.75) is 19.8 Å². The second-order valence-corrected chi connectivity index (χ2v) is 7.08. The summed E-state index contributed by atoms with van der Waals surface area (Å²) in [5, 5.41) is 4.01. The molecule has 3 rings (SSSR count). The molecule has 1 N–H and O–H groups in total. The molecule has 0 saturated carbocycles. The Kier molecular flexibility index (Phi) is 8.97. The minimum absolute atomic E-state index is 0.170. The second kappa shape index (κ2) is 12.6. The lowest BCUT2D eigenvalue weighted by Gasteiger charge is -2.10. The van der Waals surface area contributed by atoms with Crippen LogP contribution in [0, 0.1) is 0 Å².